The number of carboxylic acid groups (broad SMARTS) is 1. The fourth-order valence-electron chi connectivity index (χ4n) is 5.57. The number of hydrogen-bond acceptors (Lipinski definition) is 19. The molecular formula is C23H30N10O16P2. The van der Waals surface area contributed by atoms with Crippen molar-refractivity contribution in [2.45, 2.75) is 55.8 Å². The number of nitrogen functional groups attached to an aromatic ring is 2. The second kappa shape index (κ2) is 13.8. The molecule has 4 aromatic rings. The average Bonchev–Trinajstić information content (AvgIpc) is 3.79. The van der Waals surface area contributed by atoms with Gasteiger partial charge in [0.15, 0.2) is 34.8 Å². The van der Waals surface area contributed by atoms with Crippen molar-refractivity contribution in [1.82, 2.24) is 39.0 Å². The Bertz CT molecular complexity index is 2190. The van der Waals surface area contributed by atoms with E-state index < -0.39 is 95.3 Å². The number of ether oxygens (including phenoxy) is 2. The number of aliphatic hydroxyl groups excluding tert-OH is 2. The number of hydrogen-bond donors (Lipinski definition) is 9. The summed E-state index contributed by atoms with van der Waals surface area (Å²) in [7, 11) is -8.95. The number of fused-ring (bicyclic) bond motifs is 2. The molecule has 0 aliphatic carbocycles. The highest BCUT2D eigenvalue weighted by Gasteiger charge is 2.50. The van der Waals surface area contributed by atoms with Crippen LogP contribution in [0.25, 0.3) is 22.3 Å². The molecule has 2 aliphatic heterocycles. The molecule has 11 N–H and O–H groups in total. The summed E-state index contributed by atoms with van der Waals surface area (Å²) in [5, 5.41) is 31.4. The van der Waals surface area contributed by atoms with Crippen molar-refractivity contribution in [3.05, 3.63) is 32.9 Å². The molecule has 2 saturated heterocycles. The molecule has 2 aliphatic rings. The Morgan fingerprint density at radius 1 is 0.980 bits per heavy atom. The Balaban J connectivity index is 1.20. The van der Waals surface area contributed by atoms with Crippen molar-refractivity contribution in [1.29, 1.82) is 0 Å². The van der Waals surface area contributed by atoms with E-state index in [0.29, 0.717) is 0 Å². The van der Waals surface area contributed by atoms with E-state index in [1.165, 1.54) is 0 Å². The Morgan fingerprint density at radius 3 is 2.29 bits per heavy atom. The van der Waals surface area contributed by atoms with Crippen LogP contribution >= 0.6 is 15.6 Å². The number of rotatable bonds is 13. The highest BCUT2D eigenvalue weighted by Crippen LogP contribution is 2.50. The van der Waals surface area contributed by atoms with Gasteiger partial charge in [-0.15, -0.1) is 0 Å². The second-order valence-electron chi connectivity index (χ2n) is 11.2. The number of nitrogens with zero attached hydrogens (tertiary/aromatic N) is 6. The minimum atomic E-state index is -5.19. The molecule has 0 radical (unpaired) electrons. The van der Waals surface area contributed by atoms with E-state index in [2.05, 4.69) is 34.4 Å². The molecule has 6 heterocycles. The van der Waals surface area contributed by atoms with Gasteiger partial charge in [0.05, 0.1) is 25.6 Å². The van der Waals surface area contributed by atoms with E-state index in [-0.39, 0.29) is 46.5 Å². The number of carbonyl (C=O) groups is 1. The Hall–Kier alpha value is -4.17. The van der Waals surface area contributed by atoms with Crippen LogP contribution in [0.15, 0.2) is 15.9 Å². The first-order valence-corrected chi connectivity index (χ1v) is 17.5. The first kappa shape index (κ1) is 36.6. The number of phosphoric ester groups is 2. The molecule has 0 spiro atoms. The Morgan fingerprint density at radius 2 is 1.63 bits per heavy atom. The lowest BCUT2D eigenvalue weighted by atomic mass is 10.1. The van der Waals surface area contributed by atoms with Crippen LogP contribution < -0.4 is 22.6 Å². The number of imidazole rings is 2. The summed E-state index contributed by atoms with van der Waals surface area (Å²) in [6.07, 6.45) is -10.6. The average molecular weight is 764 g/mol. The summed E-state index contributed by atoms with van der Waals surface area (Å²) >= 11 is 0. The summed E-state index contributed by atoms with van der Waals surface area (Å²) in [6.45, 7) is -1.55. The number of anilines is 2. The van der Waals surface area contributed by atoms with Gasteiger partial charge in [0.25, 0.3) is 11.1 Å². The maximum Gasteiger partial charge on any atom is 0.472 e. The predicted octanol–water partition coefficient (Wildman–Crippen LogP) is -2.78. The molecule has 51 heavy (non-hydrogen) atoms. The molecule has 9 atom stereocenters. The van der Waals surface area contributed by atoms with Crippen LogP contribution in [0, 0.1) is 0 Å². The number of phosphoric acid groups is 2. The van der Waals surface area contributed by atoms with Gasteiger partial charge in [0.1, 0.15) is 36.7 Å². The third kappa shape index (κ3) is 7.43. The van der Waals surface area contributed by atoms with Crippen LogP contribution in [0.3, 0.4) is 0 Å². The van der Waals surface area contributed by atoms with Crippen molar-refractivity contribution in [3.63, 3.8) is 0 Å². The smallest absolute Gasteiger partial charge is 0.472 e. The topological polar surface area (TPSA) is 387 Å². The monoisotopic (exact) mass is 764 g/mol. The lowest BCUT2D eigenvalue weighted by Crippen LogP contribution is -2.36. The van der Waals surface area contributed by atoms with Crippen molar-refractivity contribution in [3.8, 4) is 0 Å². The van der Waals surface area contributed by atoms with Gasteiger partial charge in [-0.25, -0.2) is 19.1 Å². The third-order valence-corrected chi connectivity index (χ3v) is 9.64. The summed E-state index contributed by atoms with van der Waals surface area (Å²) in [4.78, 5) is 77.0. The maximum atomic E-state index is 13.2. The van der Waals surface area contributed by atoms with Gasteiger partial charge in [-0.05, 0) is 0 Å². The van der Waals surface area contributed by atoms with Crippen LogP contribution in [0.4, 0.5) is 11.9 Å². The Kier molecular flexibility index (Phi) is 9.88. The van der Waals surface area contributed by atoms with Crippen molar-refractivity contribution in [2.75, 3.05) is 31.8 Å². The van der Waals surface area contributed by atoms with Crippen LogP contribution in [0.2, 0.25) is 0 Å². The van der Waals surface area contributed by atoms with E-state index in [4.69, 9.17) is 34.5 Å². The quantitative estimate of drug-likeness (QED) is 0.0621. The first-order chi connectivity index (χ1) is 24.0. The first-order valence-electron chi connectivity index (χ1n) is 14.5. The van der Waals surface area contributed by atoms with E-state index in [9.17, 15) is 48.6 Å². The summed E-state index contributed by atoms with van der Waals surface area (Å²) in [5.74, 6) is -2.18. The predicted molar refractivity (Wildman–Crippen MR) is 164 cm³/mol. The lowest BCUT2D eigenvalue weighted by Gasteiger charge is -2.24. The molecule has 4 aromatic heterocycles. The van der Waals surface area contributed by atoms with Crippen LogP contribution in [0.1, 0.15) is 24.7 Å². The number of nitrogens with two attached hydrogens (primary N) is 2. The molecule has 0 saturated carbocycles. The van der Waals surface area contributed by atoms with Crippen molar-refractivity contribution < 1.29 is 66.6 Å². The lowest BCUT2D eigenvalue weighted by molar-refractivity contribution is -0.136. The molecule has 26 nitrogen and oxygen atoms in total. The minimum absolute atomic E-state index is 0.153. The van der Waals surface area contributed by atoms with Gasteiger partial charge in [0, 0.05) is 13.5 Å². The fraction of sp³-hybridized carbons (Fsp3) is 0.522. The zero-order valence-corrected chi connectivity index (χ0v) is 27.7. The number of nitrogens with one attached hydrogen (secondary N) is 2. The molecule has 278 valence electrons. The van der Waals surface area contributed by atoms with Crippen LogP contribution in [-0.2, 0) is 47.9 Å². The van der Waals surface area contributed by atoms with Gasteiger partial charge in [-0.3, -0.25) is 51.6 Å². The third-order valence-electron chi connectivity index (χ3n) is 7.72. The summed E-state index contributed by atoms with van der Waals surface area (Å²) in [6, 6.07) is 0. The molecule has 0 bridgehead atoms. The molecular weight excluding hydrogens is 734 g/mol. The molecule has 28 heteroatoms. The van der Waals surface area contributed by atoms with E-state index in [1.54, 1.807) is 0 Å². The van der Waals surface area contributed by atoms with Crippen molar-refractivity contribution >= 4 is 55.8 Å². The van der Waals surface area contributed by atoms with Crippen LogP contribution in [0.5, 0.6) is 0 Å². The molecule has 6 rings (SSSR count). The zero-order valence-electron chi connectivity index (χ0n) is 25.9. The van der Waals surface area contributed by atoms with Gasteiger partial charge >= 0.3 is 21.6 Å². The largest absolute Gasteiger partial charge is 0.481 e. The molecule has 0 amide bonds. The summed E-state index contributed by atoms with van der Waals surface area (Å²) in [5.41, 5.74) is 8.96. The SMILES string of the molecule is COP(=O)(O)OC[C@H]1O[C@@H](n2cnc3c(=O)[nH]c(N)nc32)[C@H](O)[C@@H]1OP(=O)(O)OC[C@@H]1C[C@@H](O)[C@H](n2c(CC(=O)O)nc3c(=O)[nH]c(N)nc32)O1. The number of aliphatic carboxylic acids is 1. The van der Waals surface area contributed by atoms with Gasteiger partial charge < -0.3 is 46.0 Å². The standard InChI is InChI=1S/C23H30N10O16P2/c1-44-50(40,41)46-5-9-15(14(37)21(48-9)32-6-26-12-16(32)28-22(24)30-18(12)38)49-51(42,43)45-4-7-2-8(34)20(47-7)33-10(3-11(35)36)27-13-17(33)29-23(25)31-19(13)39/h6-9,14-15,20-21,34,37H,2-5H2,1H3,(H,35,36)(H,40,41)(H,42,43)(H3,24,28,30,38)(H3,25,29,31,39)/t7-,8+,9+,14+,15+,20+,21+/m0/s1. The highest BCUT2D eigenvalue weighted by atomic mass is 31.2. The number of H-pyrrole nitrogens is 2. The number of aromatic amines is 2. The Labute approximate surface area is 282 Å². The fourth-order valence-corrected chi connectivity index (χ4v) is 6.99. The molecule has 0 aromatic carbocycles. The number of aromatic nitrogens is 8. The van der Waals surface area contributed by atoms with Gasteiger partial charge in [0.2, 0.25) is 11.9 Å². The van der Waals surface area contributed by atoms with Crippen LogP contribution in [-0.4, -0.2) is 121 Å². The normalized spacial score (nSPS) is 27.6. The maximum absolute atomic E-state index is 13.2. The van der Waals surface area contributed by atoms with E-state index >= 15 is 0 Å². The van der Waals surface area contributed by atoms with Gasteiger partial charge in [-0.1, -0.05) is 0 Å². The van der Waals surface area contributed by atoms with Crippen molar-refractivity contribution in [2.24, 2.45) is 0 Å². The zero-order chi connectivity index (χ0) is 37.0. The highest BCUT2D eigenvalue weighted by molar-refractivity contribution is 7.47. The van der Waals surface area contributed by atoms with Gasteiger partial charge in [-0.2, -0.15) is 9.97 Å². The van der Waals surface area contributed by atoms with E-state index in [1.807, 2.05) is 0 Å². The number of carboxylic acids is 1. The minimum Gasteiger partial charge on any atom is -0.481 e. The summed E-state index contributed by atoms with van der Waals surface area (Å²) < 4.78 is 58.5. The number of aliphatic hydroxyl groups is 2. The molecule has 2 fully saturated rings. The van der Waals surface area contributed by atoms with E-state index in [0.717, 1.165) is 22.6 Å². The second-order valence-corrected chi connectivity index (χ2v) is 14.1. The molecule has 2 unspecified atom stereocenters.